The molecule has 0 aromatic carbocycles. The van der Waals surface area contributed by atoms with E-state index in [1.54, 1.807) is 6.07 Å². The molecule has 1 aromatic heterocycles. The fourth-order valence-electron chi connectivity index (χ4n) is 1.99. The number of rotatable bonds is 3. The minimum Gasteiger partial charge on any atom is -0.359 e. The Bertz CT molecular complexity index is 467. The molecule has 2 heterocycles. The van der Waals surface area contributed by atoms with Crippen molar-refractivity contribution in [2.75, 3.05) is 6.54 Å². The lowest BCUT2D eigenvalue weighted by Gasteiger charge is -2.33. The molecule has 18 heavy (non-hydrogen) atoms. The lowest BCUT2D eigenvalue weighted by molar-refractivity contribution is -0.146. The minimum absolute atomic E-state index is 0.0701. The largest absolute Gasteiger partial charge is 0.359 e. The van der Waals surface area contributed by atoms with Gasteiger partial charge in [0.25, 0.3) is 0 Å². The molecule has 0 spiro atoms. The summed E-state index contributed by atoms with van der Waals surface area (Å²) in [6.07, 6.45) is 0. The van der Waals surface area contributed by atoms with E-state index in [0.717, 1.165) is 5.69 Å². The molecular weight excluding hydrogens is 234 g/mol. The fourth-order valence-corrected chi connectivity index (χ4v) is 1.99. The van der Waals surface area contributed by atoms with Crippen LogP contribution >= 0.6 is 0 Å². The summed E-state index contributed by atoms with van der Waals surface area (Å²) < 4.78 is 5.07. The number of hydrogen-bond donors (Lipinski definition) is 1. The van der Waals surface area contributed by atoms with Crippen molar-refractivity contribution >= 4 is 11.8 Å². The van der Waals surface area contributed by atoms with Crippen LogP contribution in [0.1, 0.15) is 25.3 Å². The molecule has 0 saturated carbocycles. The van der Waals surface area contributed by atoms with E-state index in [0.29, 0.717) is 5.76 Å². The van der Waals surface area contributed by atoms with Crippen molar-refractivity contribution in [3.63, 3.8) is 0 Å². The van der Waals surface area contributed by atoms with Crippen LogP contribution in [0.25, 0.3) is 0 Å². The van der Waals surface area contributed by atoms with Gasteiger partial charge in [-0.25, -0.2) is 0 Å². The number of aryl methyl sites for hydroxylation is 1. The van der Waals surface area contributed by atoms with Gasteiger partial charge in [-0.3, -0.25) is 9.59 Å². The van der Waals surface area contributed by atoms with E-state index in [1.165, 1.54) is 4.90 Å². The maximum atomic E-state index is 12.2. The van der Waals surface area contributed by atoms with Gasteiger partial charge in [0.2, 0.25) is 11.8 Å². The van der Waals surface area contributed by atoms with Gasteiger partial charge in [-0.1, -0.05) is 19.0 Å². The van der Waals surface area contributed by atoms with E-state index in [4.69, 9.17) is 4.52 Å². The van der Waals surface area contributed by atoms with Crippen molar-refractivity contribution in [2.45, 2.75) is 33.4 Å². The molecule has 1 aliphatic rings. The van der Waals surface area contributed by atoms with Crippen LogP contribution in [0.4, 0.5) is 0 Å². The van der Waals surface area contributed by atoms with Crippen molar-refractivity contribution < 1.29 is 14.1 Å². The Morgan fingerprint density at radius 3 is 2.83 bits per heavy atom. The van der Waals surface area contributed by atoms with E-state index >= 15 is 0 Å². The predicted molar refractivity (Wildman–Crippen MR) is 63.4 cm³/mol. The molecular formula is C12H17N3O3. The molecule has 98 valence electrons. The molecule has 0 aliphatic carbocycles. The normalized spacial score (nSPS) is 20.4. The van der Waals surface area contributed by atoms with Crippen molar-refractivity contribution in [1.29, 1.82) is 0 Å². The second kappa shape index (κ2) is 4.80. The smallest absolute Gasteiger partial charge is 0.246 e. The van der Waals surface area contributed by atoms with Crippen molar-refractivity contribution in [3.05, 3.63) is 17.5 Å². The van der Waals surface area contributed by atoms with Gasteiger partial charge < -0.3 is 14.7 Å². The summed E-state index contributed by atoms with van der Waals surface area (Å²) in [6.45, 7) is 5.99. The summed E-state index contributed by atoms with van der Waals surface area (Å²) in [7, 11) is 0. The Morgan fingerprint density at radius 1 is 1.56 bits per heavy atom. The summed E-state index contributed by atoms with van der Waals surface area (Å²) in [5.74, 6) is 0.460. The van der Waals surface area contributed by atoms with Gasteiger partial charge in [0.15, 0.2) is 5.76 Å². The molecule has 2 amide bonds. The zero-order chi connectivity index (χ0) is 13.3. The number of hydrogen-bond acceptors (Lipinski definition) is 4. The Kier molecular flexibility index (Phi) is 3.36. The third-order valence-electron chi connectivity index (χ3n) is 2.92. The molecule has 1 aliphatic heterocycles. The first-order chi connectivity index (χ1) is 8.47. The number of carbonyl (C=O) groups excluding carboxylic acids is 2. The SMILES string of the molecule is Cc1cc(CN2CC(=O)NC(C(C)C)C2=O)on1. The van der Waals surface area contributed by atoms with E-state index in [9.17, 15) is 9.59 Å². The Balaban J connectivity index is 2.11. The van der Waals surface area contributed by atoms with Crippen LogP contribution in [0.5, 0.6) is 0 Å². The maximum Gasteiger partial charge on any atom is 0.246 e. The Hall–Kier alpha value is -1.85. The highest BCUT2D eigenvalue weighted by molar-refractivity contribution is 5.94. The first kappa shape index (κ1) is 12.6. The van der Waals surface area contributed by atoms with Crippen LogP contribution in [0, 0.1) is 12.8 Å². The fraction of sp³-hybridized carbons (Fsp3) is 0.583. The van der Waals surface area contributed by atoms with Gasteiger partial charge in [0.05, 0.1) is 12.2 Å². The molecule has 1 unspecified atom stereocenters. The molecule has 1 N–H and O–H groups in total. The number of carbonyl (C=O) groups is 2. The standard InChI is InChI=1S/C12H17N3O3/c1-7(2)11-12(17)15(6-10(16)13-11)5-9-4-8(3)14-18-9/h4,7,11H,5-6H2,1-3H3,(H,13,16). The van der Waals surface area contributed by atoms with Gasteiger partial charge in [0.1, 0.15) is 12.6 Å². The number of aromatic nitrogens is 1. The van der Waals surface area contributed by atoms with Crippen molar-refractivity contribution in [2.24, 2.45) is 5.92 Å². The van der Waals surface area contributed by atoms with Gasteiger partial charge in [0, 0.05) is 6.07 Å². The lowest BCUT2D eigenvalue weighted by Crippen LogP contribution is -2.59. The quantitative estimate of drug-likeness (QED) is 0.847. The summed E-state index contributed by atoms with van der Waals surface area (Å²) >= 11 is 0. The van der Waals surface area contributed by atoms with Crippen molar-refractivity contribution in [1.82, 2.24) is 15.4 Å². The first-order valence-electron chi connectivity index (χ1n) is 5.97. The summed E-state index contributed by atoms with van der Waals surface area (Å²) in [4.78, 5) is 25.3. The molecule has 6 nitrogen and oxygen atoms in total. The predicted octanol–water partition coefficient (Wildman–Crippen LogP) is 0.466. The summed E-state index contributed by atoms with van der Waals surface area (Å²) in [6, 6.07) is 1.32. The Morgan fingerprint density at radius 2 is 2.28 bits per heavy atom. The van der Waals surface area contributed by atoms with Crippen molar-refractivity contribution in [3.8, 4) is 0 Å². The highest BCUT2D eigenvalue weighted by Crippen LogP contribution is 2.14. The summed E-state index contributed by atoms with van der Waals surface area (Å²) in [5, 5.41) is 6.48. The topological polar surface area (TPSA) is 75.4 Å². The van der Waals surface area contributed by atoms with Crippen LogP contribution in [0.15, 0.2) is 10.6 Å². The van der Waals surface area contributed by atoms with Crippen LogP contribution in [-0.2, 0) is 16.1 Å². The number of nitrogens with one attached hydrogen (secondary N) is 1. The van der Waals surface area contributed by atoms with Crippen LogP contribution < -0.4 is 5.32 Å². The van der Waals surface area contributed by atoms with E-state index in [-0.39, 0.29) is 30.8 Å². The number of nitrogens with zero attached hydrogens (tertiary/aromatic N) is 2. The van der Waals surface area contributed by atoms with Gasteiger partial charge >= 0.3 is 0 Å². The zero-order valence-electron chi connectivity index (χ0n) is 10.8. The average molecular weight is 251 g/mol. The molecule has 0 bridgehead atoms. The zero-order valence-corrected chi connectivity index (χ0v) is 10.8. The van der Waals surface area contributed by atoms with E-state index in [1.807, 2.05) is 20.8 Å². The first-order valence-corrected chi connectivity index (χ1v) is 5.97. The highest BCUT2D eigenvalue weighted by Gasteiger charge is 2.34. The molecule has 2 rings (SSSR count). The van der Waals surface area contributed by atoms with Crippen LogP contribution in [0.2, 0.25) is 0 Å². The molecule has 0 radical (unpaired) electrons. The molecule has 6 heteroatoms. The Labute approximate surface area is 105 Å². The third kappa shape index (κ3) is 2.52. The molecule has 1 fully saturated rings. The third-order valence-corrected chi connectivity index (χ3v) is 2.92. The second-order valence-corrected chi connectivity index (χ2v) is 4.92. The minimum atomic E-state index is -0.449. The molecule has 1 saturated heterocycles. The molecule has 1 atom stereocenters. The van der Waals surface area contributed by atoms with Gasteiger partial charge in [-0.15, -0.1) is 0 Å². The molecule has 1 aromatic rings. The lowest BCUT2D eigenvalue weighted by atomic mass is 10.0. The second-order valence-electron chi connectivity index (χ2n) is 4.92. The summed E-state index contributed by atoms with van der Waals surface area (Å²) in [5.41, 5.74) is 0.763. The number of amides is 2. The maximum absolute atomic E-state index is 12.2. The van der Waals surface area contributed by atoms with E-state index in [2.05, 4.69) is 10.5 Å². The van der Waals surface area contributed by atoms with Gasteiger partial charge in [-0.2, -0.15) is 0 Å². The van der Waals surface area contributed by atoms with Crippen LogP contribution in [0.3, 0.4) is 0 Å². The van der Waals surface area contributed by atoms with E-state index < -0.39 is 6.04 Å². The van der Waals surface area contributed by atoms with Crippen LogP contribution in [-0.4, -0.2) is 34.5 Å². The van der Waals surface area contributed by atoms with Gasteiger partial charge in [-0.05, 0) is 12.8 Å². The monoisotopic (exact) mass is 251 g/mol. The number of piperazine rings is 1. The highest BCUT2D eigenvalue weighted by atomic mass is 16.5. The average Bonchev–Trinajstić information content (AvgIpc) is 2.68.